The molecule has 0 unspecified atom stereocenters. The number of piperazine rings is 1. The van der Waals surface area contributed by atoms with Crippen molar-refractivity contribution in [3.8, 4) is 0 Å². The number of aryl methyl sites for hydroxylation is 1. The number of nitrogens with zero attached hydrogens (tertiary/aromatic N) is 5. The maximum absolute atomic E-state index is 13.1. The van der Waals surface area contributed by atoms with Crippen molar-refractivity contribution in [2.45, 2.75) is 24.3 Å². The van der Waals surface area contributed by atoms with E-state index < -0.39 is 10.0 Å². The number of hydrogen-bond donors (Lipinski definition) is 1. The van der Waals surface area contributed by atoms with Gasteiger partial charge in [0.2, 0.25) is 10.0 Å². The zero-order valence-corrected chi connectivity index (χ0v) is 18.4. The number of oxime groups is 1. The third kappa shape index (κ3) is 4.46. The highest BCUT2D eigenvalue weighted by Gasteiger charge is 2.35. The summed E-state index contributed by atoms with van der Waals surface area (Å²) in [6.45, 7) is 5.46. The number of rotatable bonds is 6. The highest BCUT2D eigenvalue weighted by Crippen LogP contribution is 2.27. The van der Waals surface area contributed by atoms with Gasteiger partial charge in [0.05, 0.1) is 12.2 Å². The van der Waals surface area contributed by atoms with E-state index in [1.54, 1.807) is 12.3 Å². The minimum absolute atomic E-state index is 0.0637. The molecule has 2 aliphatic heterocycles. The molecule has 1 N–H and O–H groups in total. The minimum Gasteiger partial charge on any atom is -0.411 e. The van der Waals surface area contributed by atoms with Gasteiger partial charge in [-0.25, -0.2) is 12.8 Å². The summed E-state index contributed by atoms with van der Waals surface area (Å²) in [6.07, 6.45) is 3.64. The lowest BCUT2D eigenvalue weighted by Crippen LogP contribution is -2.46. The van der Waals surface area contributed by atoms with Crippen LogP contribution in [0.1, 0.15) is 18.5 Å². The summed E-state index contributed by atoms with van der Waals surface area (Å²) in [5.74, 6) is -0.214. The smallest absolute Gasteiger partial charge is 0.245 e. The molecule has 0 spiro atoms. The van der Waals surface area contributed by atoms with E-state index in [1.165, 1.54) is 23.5 Å². The molecule has 0 bridgehead atoms. The van der Waals surface area contributed by atoms with E-state index in [4.69, 9.17) is 0 Å². The predicted molar refractivity (Wildman–Crippen MR) is 117 cm³/mol. The predicted octanol–water partition coefficient (Wildman–Crippen LogP) is 2.04. The second-order valence-corrected chi connectivity index (χ2v) is 10.1. The molecule has 2 aromatic rings. The first-order chi connectivity index (χ1) is 14.9. The highest BCUT2D eigenvalue weighted by atomic mass is 32.2. The maximum atomic E-state index is 13.1. The number of benzene rings is 1. The molecule has 1 aromatic heterocycles. The van der Waals surface area contributed by atoms with Crippen LogP contribution < -0.4 is 4.90 Å². The summed E-state index contributed by atoms with van der Waals surface area (Å²) in [7, 11) is -2.05. The third-order valence-electron chi connectivity index (χ3n) is 6.07. The van der Waals surface area contributed by atoms with E-state index in [0.29, 0.717) is 18.0 Å². The van der Waals surface area contributed by atoms with Crippen LogP contribution in [0, 0.1) is 5.82 Å². The normalized spacial score (nSPS) is 20.8. The standard InChI is InChI=1S/C21H28FN5O3S/c1-24-16-19(23-28)21-20(31(24,29)30)8-11-27(21)10-3-2-9-25-12-14-26(15-13-25)18-6-4-17(22)5-7-18/h4-8,11,28H,2-3,9-10,12-16H2,1H3/b23-19-. The Morgan fingerprint density at radius 1 is 1.03 bits per heavy atom. The average Bonchev–Trinajstić information content (AvgIpc) is 3.20. The molecule has 0 amide bonds. The van der Waals surface area contributed by atoms with Crippen LogP contribution in [0.4, 0.5) is 10.1 Å². The summed E-state index contributed by atoms with van der Waals surface area (Å²) >= 11 is 0. The molecule has 3 heterocycles. The zero-order valence-electron chi connectivity index (χ0n) is 17.6. The summed E-state index contributed by atoms with van der Waals surface area (Å²) in [5, 5.41) is 12.7. The zero-order chi connectivity index (χ0) is 22.0. The molecule has 1 fully saturated rings. The maximum Gasteiger partial charge on any atom is 0.245 e. The lowest BCUT2D eigenvalue weighted by Gasteiger charge is -2.36. The van der Waals surface area contributed by atoms with Crippen LogP contribution in [0.2, 0.25) is 0 Å². The number of likely N-dealkylation sites (N-methyl/N-ethyl adjacent to an activating group) is 1. The third-order valence-corrected chi connectivity index (χ3v) is 7.90. The van der Waals surface area contributed by atoms with Crippen molar-refractivity contribution < 1.29 is 18.0 Å². The molecule has 0 radical (unpaired) electrons. The van der Waals surface area contributed by atoms with Crippen LogP contribution in [0.3, 0.4) is 0 Å². The number of sulfonamides is 1. The highest BCUT2D eigenvalue weighted by molar-refractivity contribution is 7.89. The molecule has 0 atom stereocenters. The Labute approximate surface area is 182 Å². The Balaban J connectivity index is 1.27. The van der Waals surface area contributed by atoms with E-state index in [0.717, 1.165) is 51.3 Å². The number of halogens is 1. The number of fused-ring (bicyclic) bond motifs is 1. The fourth-order valence-electron chi connectivity index (χ4n) is 4.27. The van der Waals surface area contributed by atoms with Gasteiger partial charge < -0.3 is 14.7 Å². The largest absolute Gasteiger partial charge is 0.411 e. The first-order valence-electron chi connectivity index (χ1n) is 10.5. The van der Waals surface area contributed by atoms with Gasteiger partial charge in [-0.3, -0.25) is 4.90 Å². The Morgan fingerprint density at radius 2 is 1.71 bits per heavy atom. The van der Waals surface area contributed by atoms with Gasteiger partial charge in [-0.1, -0.05) is 5.16 Å². The molecule has 2 aliphatic rings. The molecule has 0 aliphatic carbocycles. The molecular weight excluding hydrogens is 421 g/mol. The van der Waals surface area contributed by atoms with Gasteiger partial charge >= 0.3 is 0 Å². The molecule has 168 valence electrons. The fourth-order valence-corrected chi connectivity index (χ4v) is 5.61. The van der Waals surface area contributed by atoms with Crippen LogP contribution in [0.5, 0.6) is 0 Å². The fraction of sp³-hybridized carbons (Fsp3) is 0.476. The summed E-state index contributed by atoms with van der Waals surface area (Å²) in [6, 6.07) is 8.23. The van der Waals surface area contributed by atoms with Crippen LogP contribution in [-0.4, -0.2) is 79.4 Å². The number of hydrogen-bond acceptors (Lipinski definition) is 6. The molecule has 0 saturated carbocycles. The van der Waals surface area contributed by atoms with Gasteiger partial charge in [0, 0.05) is 51.7 Å². The van der Waals surface area contributed by atoms with Crippen molar-refractivity contribution in [1.82, 2.24) is 13.8 Å². The van der Waals surface area contributed by atoms with Gasteiger partial charge in [-0.2, -0.15) is 4.31 Å². The van der Waals surface area contributed by atoms with Crippen LogP contribution in [0.15, 0.2) is 46.6 Å². The van der Waals surface area contributed by atoms with E-state index >= 15 is 0 Å². The van der Waals surface area contributed by atoms with Crippen LogP contribution in [-0.2, 0) is 16.6 Å². The average molecular weight is 450 g/mol. The van der Waals surface area contributed by atoms with E-state index in [9.17, 15) is 18.0 Å². The second-order valence-electron chi connectivity index (χ2n) is 8.04. The first kappa shape index (κ1) is 21.8. The molecule has 1 saturated heterocycles. The van der Waals surface area contributed by atoms with E-state index in [1.807, 2.05) is 16.7 Å². The van der Waals surface area contributed by atoms with Gasteiger partial charge in [0.1, 0.15) is 16.4 Å². The molecule has 1 aromatic carbocycles. The summed E-state index contributed by atoms with van der Waals surface area (Å²) < 4.78 is 41.2. The Hall–Kier alpha value is -2.43. The minimum atomic E-state index is -3.53. The van der Waals surface area contributed by atoms with Gasteiger partial charge in [0.25, 0.3) is 0 Å². The topological polar surface area (TPSA) is 81.4 Å². The number of anilines is 1. The Bertz CT molecular complexity index is 1040. The lowest BCUT2D eigenvalue weighted by atomic mass is 10.2. The number of unbranched alkanes of at least 4 members (excludes halogenated alkanes) is 1. The van der Waals surface area contributed by atoms with Crippen molar-refractivity contribution in [1.29, 1.82) is 0 Å². The molecular formula is C21H28FN5O3S. The first-order valence-corrected chi connectivity index (χ1v) is 11.9. The second kappa shape index (κ2) is 8.97. The van der Waals surface area contributed by atoms with Crippen molar-refractivity contribution in [3.05, 3.63) is 48.0 Å². The quantitative estimate of drug-likeness (QED) is 0.415. The van der Waals surface area contributed by atoms with E-state index in [-0.39, 0.29) is 17.3 Å². The van der Waals surface area contributed by atoms with E-state index in [2.05, 4.69) is 15.0 Å². The van der Waals surface area contributed by atoms with Gasteiger partial charge in [-0.15, -0.1) is 0 Å². The van der Waals surface area contributed by atoms with Crippen molar-refractivity contribution in [2.24, 2.45) is 5.16 Å². The van der Waals surface area contributed by atoms with Crippen molar-refractivity contribution in [2.75, 3.05) is 51.2 Å². The van der Waals surface area contributed by atoms with Gasteiger partial charge in [-0.05, 0) is 49.7 Å². The summed E-state index contributed by atoms with van der Waals surface area (Å²) in [5.41, 5.74) is 1.92. The number of aromatic nitrogens is 1. The monoisotopic (exact) mass is 449 g/mol. The Morgan fingerprint density at radius 3 is 2.39 bits per heavy atom. The van der Waals surface area contributed by atoms with Crippen molar-refractivity contribution >= 4 is 21.4 Å². The van der Waals surface area contributed by atoms with Crippen LogP contribution >= 0.6 is 0 Å². The molecule has 31 heavy (non-hydrogen) atoms. The summed E-state index contributed by atoms with van der Waals surface area (Å²) in [4.78, 5) is 4.89. The molecule has 10 heteroatoms. The molecule has 8 nitrogen and oxygen atoms in total. The van der Waals surface area contributed by atoms with Crippen LogP contribution in [0.25, 0.3) is 0 Å². The van der Waals surface area contributed by atoms with Gasteiger partial charge in [0.15, 0.2) is 0 Å². The molecule has 4 rings (SSSR count). The Kier molecular flexibility index (Phi) is 6.31. The van der Waals surface area contributed by atoms with Crippen molar-refractivity contribution in [3.63, 3.8) is 0 Å². The lowest BCUT2D eigenvalue weighted by molar-refractivity contribution is 0.251. The SMILES string of the molecule is CN1C/C(=N/O)c2c(ccn2CCCCN2CCN(c3ccc(F)cc3)CC2)S1(=O)=O.